The normalized spacial score (nSPS) is 18.8. The number of furan rings is 1. The number of nitrogens with one attached hydrogen (secondary N) is 2. The molecule has 3 heterocycles. The van der Waals surface area contributed by atoms with Crippen LogP contribution in [0.1, 0.15) is 63.1 Å². The van der Waals surface area contributed by atoms with E-state index in [1.807, 2.05) is 0 Å². The van der Waals surface area contributed by atoms with Crippen LogP contribution in [0.4, 0.5) is 0 Å². The number of carbonyl (C=O) groups excluding carboxylic acids is 1. The average molecular weight is 405 g/mol. The quantitative estimate of drug-likeness (QED) is 0.718. The molecule has 0 aromatic carbocycles. The highest BCUT2D eigenvalue weighted by atomic mass is 16.5. The Bertz CT molecular complexity index is 941. The maximum absolute atomic E-state index is 13.2. The summed E-state index contributed by atoms with van der Waals surface area (Å²) >= 11 is 0. The van der Waals surface area contributed by atoms with Crippen molar-refractivity contribution in [3.05, 3.63) is 28.0 Å². The summed E-state index contributed by atoms with van der Waals surface area (Å²) in [5, 5.41) is 6.98. The van der Waals surface area contributed by atoms with Crippen LogP contribution in [0.3, 0.4) is 0 Å². The number of hydrogen-bond donors (Lipinski definition) is 2. The molecular formula is C21H32N4O4. The van der Waals surface area contributed by atoms with Gasteiger partial charge in [0, 0.05) is 37.4 Å². The molecule has 0 spiro atoms. The lowest BCUT2D eigenvalue weighted by atomic mass is 9.79. The van der Waals surface area contributed by atoms with Gasteiger partial charge in [-0.3, -0.25) is 14.2 Å². The highest BCUT2D eigenvalue weighted by Gasteiger charge is 2.38. The minimum atomic E-state index is -0.284. The zero-order valence-electron chi connectivity index (χ0n) is 18.2. The van der Waals surface area contributed by atoms with Crippen molar-refractivity contribution in [2.45, 2.75) is 77.5 Å². The number of nitrogens with zero attached hydrogens (tertiary/aromatic N) is 2. The Morgan fingerprint density at radius 1 is 1.34 bits per heavy atom. The topological polar surface area (TPSA) is 98.4 Å². The maximum Gasteiger partial charge on any atom is 0.265 e. The summed E-state index contributed by atoms with van der Waals surface area (Å²) in [7, 11) is 1.62. The number of piperidine rings is 1. The van der Waals surface area contributed by atoms with Gasteiger partial charge in [0.05, 0.1) is 5.56 Å². The van der Waals surface area contributed by atoms with Gasteiger partial charge in [-0.2, -0.15) is 0 Å². The summed E-state index contributed by atoms with van der Waals surface area (Å²) < 4.78 is 12.2. The number of methoxy groups -OCH3 is 1. The van der Waals surface area contributed by atoms with Gasteiger partial charge in [0.1, 0.15) is 17.5 Å². The van der Waals surface area contributed by atoms with E-state index in [2.05, 4.69) is 43.3 Å². The third kappa shape index (κ3) is 4.70. The summed E-state index contributed by atoms with van der Waals surface area (Å²) in [6.45, 7) is 11.2. The Kier molecular flexibility index (Phi) is 5.87. The fraction of sp³-hybridized carbons (Fsp3) is 0.667. The van der Waals surface area contributed by atoms with Crippen LogP contribution in [0.15, 0.2) is 15.5 Å². The molecule has 1 fully saturated rings. The zero-order chi connectivity index (χ0) is 21.4. The van der Waals surface area contributed by atoms with Gasteiger partial charge in [-0.1, -0.05) is 0 Å². The minimum absolute atomic E-state index is 0.00120. The number of carbonyl (C=O) groups is 1. The summed E-state index contributed by atoms with van der Waals surface area (Å²) in [5.41, 5.74) is 0.0319. The largest absolute Gasteiger partial charge is 0.442 e. The SMILES string of the molecule is COCCCn1cnc2oc(C)c(C(=O)NC3CC(C)(C)NC(C)(C)C3)c2c1=O. The van der Waals surface area contributed by atoms with Crippen molar-refractivity contribution < 1.29 is 13.9 Å². The lowest BCUT2D eigenvalue weighted by molar-refractivity contribution is 0.0873. The van der Waals surface area contributed by atoms with Gasteiger partial charge >= 0.3 is 0 Å². The number of aryl methyl sites for hydroxylation is 2. The van der Waals surface area contributed by atoms with Crippen molar-refractivity contribution in [3.63, 3.8) is 0 Å². The molecule has 8 nitrogen and oxygen atoms in total. The van der Waals surface area contributed by atoms with Gasteiger partial charge in [-0.25, -0.2) is 4.98 Å². The van der Waals surface area contributed by atoms with Crippen molar-refractivity contribution in [1.82, 2.24) is 20.2 Å². The first-order chi connectivity index (χ1) is 13.5. The predicted molar refractivity (Wildman–Crippen MR) is 111 cm³/mol. The smallest absolute Gasteiger partial charge is 0.265 e. The third-order valence-corrected chi connectivity index (χ3v) is 5.35. The summed E-state index contributed by atoms with van der Waals surface area (Å²) in [6.07, 6.45) is 3.75. The summed E-state index contributed by atoms with van der Waals surface area (Å²) in [5.74, 6) is 0.123. The van der Waals surface area contributed by atoms with E-state index in [0.29, 0.717) is 25.3 Å². The number of rotatable bonds is 6. The van der Waals surface area contributed by atoms with Crippen molar-refractivity contribution in [2.75, 3.05) is 13.7 Å². The molecular weight excluding hydrogens is 372 g/mol. The second-order valence-electron chi connectivity index (χ2n) is 9.27. The Labute approximate surface area is 171 Å². The number of amides is 1. The van der Waals surface area contributed by atoms with Crippen LogP contribution >= 0.6 is 0 Å². The monoisotopic (exact) mass is 404 g/mol. The van der Waals surface area contributed by atoms with Crippen molar-refractivity contribution in [3.8, 4) is 0 Å². The molecule has 3 rings (SSSR count). The molecule has 0 saturated carbocycles. The molecule has 8 heteroatoms. The third-order valence-electron chi connectivity index (χ3n) is 5.35. The van der Waals surface area contributed by atoms with E-state index in [1.165, 1.54) is 10.9 Å². The Morgan fingerprint density at radius 3 is 2.62 bits per heavy atom. The molecule has 0 atom stereocenters. The van der Waals surface area contributed by atoms with E-state index in [4.69, 9.17) is 9.15 Å². The van der Waals surface area contributed by atoms with Gasteiger partial charge in [-0.05, 0) is 53.9 Å². The zero-order valence-corrected chi connectivity index (χ0v) is 18.2. The molecule has 1 aliphatic rings. The molecule has 2 aromatic rings. The molecule has 1 saturated heterocycles. The van der Waals surface area contributed by atoms with Crippen molar-refractivity contribution >= 4 is 17.0 Å². The van der Waals surface area contributed by atoms with E-state index in [0.717, 1.165) is 12.8 Å². The van der Waals surface area contributed by atoms with Crippen LogP contribution in [-0.4, -0.2) is 46.3 Å². The van der Waals surface area contributed by atoms with Crippen LogP contribution in [0.25, 0.3) is 11.1 Å². The van der Waals surface area contributed by atoms with Gasteiger partial charge in [0.2, 0.25) is 5.71 Å². The highest BCUT2D eigenvalue weighted by molar-refractivity contribution is 6.06. The van der Waals surface area contributed by atoms with Crippen LogP contribution in [0, 0.1) is 6.92 Å². The van der Waals surface area contributed by atoms with Crippen LogP contribution in [0.2, 0.25) is 0 Å². The molecule has 1 aliphatic heterocycles. The maximum atomic E-state index is 13.2. The molecule has 0 unspecified atom stereocenters. The molecule has 29 heavy (non-hydrogen) atoms. The number of hydrogen-bond acceptors (Lipinski definition) is 6. The molecule has 0 bridgehead atoms. The summed E-state index contributed by atoms with van der Waals surface area (Å²) in [6, 6.07) is -0.00120. The lowest BCUT2D eigenvalue weighted by Crippen LogP contribution is -2.62. The number of ether oxygens (including phenoxy) is 1. The summed E-state index contributed by atoms with van der Waals surface area (Å²) in [4.78, 5) is 30.4. The Hall–Kier alpha value is -2.19. The predicted octanol–water partition coefficient (Wildman–Crippen LogP) is 2.37. The Morgan fingerprint density at radius 2 is 2.00 bits per heavy atom. The highest BCUT2D eigenvalue weighted by Crippen LogP contribution is 2.29. The standard InChI is InChI=1S/C21H32N4O4/c1-13-15(17(26)23-14-10-20(2,3)24-21(4,5)11-14)16-18(29-13)22-12-25(19(16)27)8-7-9-28-6/h12,14,24H,7-11H2,1-6H3,(H,23,26). The first-order valence-corrected chi connectivity index (χ1v) is 10.1. The van der Waals surface area contributed by atoms with E-state index in [1.54, 1.807) is 14.0 Å². The molecule has 160 valence electrons. The van der Waals surface area contributed by atoms with Gasteiger partial charge in [-0.15, -0.1) is 0 Å². The fourth-order valence-corrected chi connectivity index (χ4v) is 4.63. The first kappa shape index (κ1) is 21.5. The van der Waals surface area contributed by atoms with E-state index in [9.17, 15) is 9.59 Å². The molecule has 2 aromatic heterocycles. The number of fused-ring (bicyclic) bond motifs is 1. The van der Waals surface area contributed by atoms with Crippen molar-refractivity contribution in [1.29, 1.82) is 0 Å². The average Bonchev–Trinajstić information content (AvgIpc) is 2.91. The van der Waals surface area contributed by atoms with Gasteiger partial charge < -0.3 is 19.8 Å². The molecule has 0 aliphatic carbocycles. The fourth-order valence-electron chi connectivity index (χ4n) is 4.63. The van der Waals surface area contributed by atoms with Crippen LogP contribution in [0.5, 0.6) is 0 Å². The van der Waals surface area contributed by atoms with Gasteiger partial charge in [0.25, 0.3) is 11.5 Å². The number of aromatic nitrogens is 2. The van der Waals surface area contributed by atoms with Crippen LogP contribution in [-0.2, 0) is 11.3 Å². The second-order valence-corrected chi connectivity index (χ2v) is 9.27. The van der Waals surface area contributed by atoms with E-state index in [-0.39, 0.29) is 45.2 Å². The Balaban J connectivity index is 1.90. The molecule has 2 N–H and O–H groups in total. The van der Waals surface area contributed by atoms with E-state index >= 15 is 0 Å². The van der Waals surface area contributed by atoms with Crippen LogP contribution < -0.4 is 16.2 Å². The van der Waals surface area contributed by atoms with Crippen molar-refractivity contribution in [2.24, 2.45) is 0 Å². The first-order valence-electron chi connectivity index (χ1n) is 10.1. The minimum Gasteiger partial charge on any atom is -0.442 e. The molecule has 1 amide bonds. The molecule has 0 radical (unpaired) electrons. The lowest BCUT2D eigenvalue weighted by Gasteiger charge is -2.46. The second kappa shape index (κ2) is 7.91. The van der Waals surface area contributed by atoms with Gasteiger partial charge in [0.15, 0.2) is 0 Å². The van der Waals surface area contributed by atoms with E-state index < -0.39 is 0 Å².